The molecule has 1 saturated carbocycles. The molecule has 1 aromatic rings. The molecule has 0 unspecified atom stereocenters. The fourth-order valence-electron chi connectivity index (χ4n) is 1.88. The highest BCUT2D eigenvalue weighted by atomic mass is 32.2. The Kier molecular flexibility index (Phi) is 4.07. The van der Waals surface area contributed by atoms with Crippen LogP contribution in [-0.4, -0.2) is 39.5 Å². The van der Waals surface area contributed by atoms with Crippen LogP contribution in [0.5, 0.6) is 0 Å². The van der Waals surface area contributed by atoms with Gasteiger partial charge >= 0.3 is 0 Å². The topological polar surface area (TPSA) is 75.4 Å². The van der Waals surface area contributed by atoms with Crippen molar-refractivity contribution in [1.82, 2.24) is 9.62 Å². The van der Waals surface area contributed by atoms with Crippen molar-refractivity contribution in [3.63, 3.8) is 0 Å². The van der Waals surface area contributed by atoms with Gasteiger partial charge in [0.25, 0.3) is 0 Å². The number of hydrogen-bond acceptors (Lipinski definition) is 4. The van der Waals surface area contributed by atoms with Crippen LogP contribution in [0, 0.1) is 5.82 Å². The Bertz CT molecular complexity index is 538. The maximum Gasteiger partial charge on any atom is 0.240 e. The van der Waals surface area contributed by atoms with Crippen LogP contribution in [0.3, 0.4) is 0 Å². The van der Waals surface area contributed by atoms with E-state index in [1.54, 1.807) is 0 Å². The van der Waals surface area contributed by atoms with Gasteiger partial charge in [0.2, 0.25) is 10.0 Å². The zero-order valence-corrected chi connectivity index (χ0v) is 11.6. The van der Waals surface area contributed by atoms with Crippen LogP contribution in [0.1, 0.15) is 12.8 Å². The molecule has 2 rings (SSSR count). The van der Waals surface area contributed by atoms with Gasteiger partial charge in [-0.1, -0.05) is 0 Å². The van der Waals surface area contributed by atoms with Gasteiger partial charge < -0.3 is 10.6 Å². The quantitative estimate of drug-likeness (QED) is 0.758. The van der Waals surface area contributed by atoms with Gasteiger partial charge in [-0.3, -0.25) is 0 Å². The monoisotopic (exact) mass is 287 g/mol. The largest absolute Gasteiger partial charge is 0.399 e. The molecule has 0 amide bonds. The standard InChI is InChI=1S/C12H18FN3O2S/c1-16(11-2-3-11)5-4-15-19(17,18)12-7-9(13)6-10(14)8-12/h6-8,11,15H,2-5,14H2,1H3. The third-order valence-corrected chi connectivity index (χ3v) is 4.57. The molecule has 7 heteroatoms. The summed E-state index contributed by atoms with van der Waals surface area (Å²) in [6, 6.07) is 3.87. The zero-order valence-electron chi connectivity index (χ0n) is 10.8. The summed E-state index contributed by atoms with van der Waals surface area (Å²) in [4.78, 5) is 1.97. The van der Waals surface area contributed by atoms with Crippen molar-refractivity contribution < 1.29 is 12.8 Å². The second-order valence-electron chi connectivity index (χ2n) is 4.83. The van der Waals surface area contributed by atoms with Crippen LogP contribution in [0.4, 0.5) is 10.1 Å². The Morgan fingerprint density at radius 3 is 2.68 bits per heavy atom. The van der Waals surface area contributed by atoms with Crippen molar-refractivity contribution in [3.05, 3.63) is 24.0 Å². The van der Waals surface area contributed by atoms with Gasteiger partial charge in [0.05, 0.1) is 4.90 Å². The van der Waals surface area contributed by atoms with Crippen LogP contribution < -0.4 is 10.5 Å². The lowest BCUT2D eigenvalue weighted by Crippen LogP contribution is -2.34. The molecule has 0 bridgehead atoms. The molecule has 19 heavy (non-hydrogen) atoms. The van der Waals surface area contributed by atoms with Crippen LogP contribution in [0.2, 0.25) is 0 Å². The van der Waals surface area contributed by atoms with Gasteiger partial charge in [-0.05, 0) is 38.1 Å². The number of likely N-dealkylation sites (N-methyl/N-ethyl adjacent to an activating group) is 1. The van der Waals surface area contributed by atoms with Crippen molar-refractivity contribution in [2.24, 2.45) is 0 Å². The summed E-state index contributed by atoms with van der Waals surface area (Å²) >= 11 is 0. The van der Waals surface area contributed by atoms with E-state index in [-0.39, 0.29) is 10.6 Å². The number of halogens is 1. The predicted octanol–water partition coefficient (Wildman–Crippen LogP) is 0.780. The lowest BCUT2D eigenvalue weighted by atomic mass is 10.3. The van der Waals surface area contributed by atoms with Gasteiger partial charge in [-0.2, -0.15) is 0 Å². The third kappa shape index (κ3) is 3.89. The molecule has 3 N–H and O–H groups in total. The predicted molar refractivity (Wildman–Crippen MR) is 71.7 cm³/mol. The molecule has 1 aliphatic rings. The molecule has 0 heterocycles. The lowest BCUT2D eigenvalue weighted by Gasteiger charge is -2.15. The number of anilines is 1. The summed E-state index contributed by atoms with van der Waals surface area (Å²) in [6.07, 6.45) is 2.34. The van der Waals surface area contributed by atoms with Crippen LogP contribution in [0.25, 0.3) is 0 Å². The first-order valence-corrected chi connectivity index (χ1v) is 7.63. The Morgan fingerprint density at radius 2 is 2.11 bits per heavy atom. The van der Waals surface area contributed by atoms with Gasteiger partial charge in [-0.15, -0.1) is 0 Å². The van der Waals surface area contributed by atoms with E-state index in [1.165, 1.54) is 18.9 Å². The Hall–Kier alpha value is -1.18. The summed E-state index contributed by atoms with van der Waals surface area (Å²) in [6.45, 7) is 0.931. The highest BCUT2D eigenvalue weighted by molar-refractivity contribution is 7.89. The van der Waals surface area contributed by atoms with Crippen molar-refractivity contribution in [2.45, 2.75) is 23.8 Å². The number of nitrogens with zero attached hydrogens (tertiary/aromatic N) is 1. The number of nitrogens with two attached hydrogens (primary N) is 1. The molecule has 1 aliphatic carbocycles. The van der Waals surface area contributed by atoms with E-state index in [9.17, 15) is 12.8 Å². The van der Waals surface area contributed by atoms with Gasteiger partial charge in [0.15, 0.2) is 0 Å². The van der Waals surface area contributed by atoms with Crippen molar-refractivity contribution in [2.75, 3.05) is 25.9 Å². The SMILES string of the molecule is CN(CCNS(=O)(=O)c1cc(N)cc(F)c1)C1CC1. The molecule has 0 aromatic heterocycles. The van der Waals surface area contributed by atoms with E-state index in [1.807, 2.05) is 7.05 Å². The van der Waals surface area contributed by atoms with Gasteiger partial charge in [-0.25, -0.2) is 17.5 Å². The van der Waals surface area contributed by atoms with E-state index in [0.717, 1.165) is 12.1 Å². The number of rotatable bonds is 6. The second-order valence-corrected chi connectivity index (χ2v) is 6.60. The lowest BCUT2D eigenvalue weighted by molar-refractivity contribution is 0.329. The number of hydrogen-bond donors (Lipinski definition) is 2. The molecule has 0 radical (unpaired) electrons. The average molecular weight is 287 g/mol. The molecule has 5 nitrogen and oxygen atoms in total. The van der Waals surface area contributed by atoms with Crippen molar-refractivity contribution >= 4 is 15.7 Å². The smallest absolute Gasteiger partial charge is 0.240 e. The maximum atomic E-state index is 13.1. The summed E-state index contributed by atoms with van der Waals surface area (Å²) < 4.78 is 39.5. The van der Waals surface area contributed by atoms with E-state index >= 15 is 0 Å². The van der Waals surface area contributed by atoms with Crippen LogP contribution >= 0.6 is 0 Å². The molecule has 1 fully saturated rings. The minimum absolute atomic E-state index is 0.0930. The molecular formula is C12H18FN3O2S. The fraction of sp³-hybridized carbons (Fsp3) is 0.500. The number of nitrogen functional groups attached to an aromatic ring is 1. The number of nitrogens with one attached hydrogen (secondary N) is 1. The molecule has 0 aliphatic heterocycles. The number of sulfonamides is 1. The number of benzene rings is 1. The van der Waals surface area contributed by atoms with E-state index in [2.05, 4.69) is 9.62 Å². The molecule has 1 aromatic carbocycles. The highest BCUT2D eigenvalue weighted by Gasteiger charge is 2.26. The molecule has 0 saturated heterocycles. The second kappa shape index (κ2) is 5.44. The molecule has 0 atom stereocenters. The first-order valence-electron chi connectivity index (χ1n) is 6.14. The molecular weight excluding hydrogens is 269 g/mol. The third-order valence-electron chi connectivity index (χ3n) is 3.13. The molecule has 106 valence electrons. The summed E-state index contributed by atoms with van der Waals surface area (Å²) in [5.74, 6) is -0.657. The Morgan fingerprint density at radius 1 is 1.42 bits per heavy atom. The van der Waals surface area contributed by atoms with Crippen LogP contribution in [0.15, 0.2) is 23.1 Å². The first-order chi connectivity index (χ1) is 8.88. The summed E-state index contributed by atoms with van der Waals surface area (Å²) in [5, 5.41) is 0. The summed E-state index contributed by atoms with van der Waals surface area (Å²) in [7, 11) is -1.74. The Balaban J connectivity index is 1.97. The molecule has 0 spiro atoms. The van der Waals surface area contributed by atoms with Crippen LogP contribution in [-0.2, 0) is 10.0 Å². The van der Waals surface area contributed by atoms with E-state index < -0.39 is 15.8 Å². The van der Waals surface area contributed by atoms with E-state index in [4.69, 9.17) is 5.73 Å². The fourth-order valence-corrected chi connectivity index (χ4v) is 2.96. The van der Waals surface area contributed by atoms with E-state index in [0.29, 0.717) is 19.1 Å². The maximum absolute atomic E-state index is 13.1. The minimum Gasteiger partial charge on any atom is -0.399 e. The normalized spacial score (nSPS) is 15.9. The van der Waals surface area contributed by atoms with Gasteiger partial charge in [0.1, 0.15) is 5.82 Å². The first kappa shape index (κ1) is 14.2. The zero-order chi connectivity index (χ0) is 14.0. The van der Waals surface area contributed by atoms with Crippen molar-refractivity contribution in [3.8, 4) is 0 Å². The highest BCUT2D eigenvalue weighted by Crippen LogP contribution is 2.24. The van der Waals surface area contributed by atoms with Crippen molar-refractivity contribution in [1.29, 1.82) is 0 Å². The Labute approximate surface area is 112 Å². The summed E-state index contributed by atoms with van der Waals surface area (Å²) in [5.41, 5.74) is 5.53. The minimum atomic E-state index is -3.70. The van der Waals surface area contributed by atoms with Gasteiger partial charge in [0, 0.05) is 24.8 Å². The average Bonchev–Trinajstić information content (AvgIpc) is 3.10.